The molecule has 0 saturated carbocycles. The van der Waals surface area contributed by atoms with Gasteiger partial charge in [-0.1, -0.05) is 6.07 Å². The molecule has 9 nitrogen and oxygen atoms in total. The van der Waals surface area contributed by atoms with Crippen molar-refractivity contribution >= 4 is 15.9 Å². The molecule has 0 spiro atoms. The summed E-state index contributed by atoms with van der Waals surface area (Å²) in [5, 5.41) is 30.0. The first-order chi connectivity index (χ1) is 14.1. The summed E-state index contributed by atoms with van der Waals surface area (Å²) in [7, 11) is -2.85. The number of carbonyl (C=O) groups is 1. The van der Waals surface area contributed by atoms with Crippen molar-refractivity contribution in [3.8, 4) is 28.7 Å². The van der Waals surface area contributed by atoms with E-state index in [9.17, 15) is 33.1 Å². The molecule has 0 aliphatic rings. The second kappa shape index (κ2) is 12.6. The Hall–Kier alpha value is -1.34. The molecule has 11 heteroatoms. The first-order valence-electron chi connectivity index (χ1n) is 9.12. The maximum absolute atomic E-state index is 12.4. The smallest absolute Gasteiger partial charge is 0.748 e. The third-order valence-corrected chi connectivity index (χ3v) is 5.08. The number of rotatable bonds is 11. The standard InChI is InChI=1S/C20H24O9S.K/c1-28-19-7-5-13(10-16(19)22)4-6-15(21)20-17(23)11-14(12-18(20)24)29-8-2-3-9-30(25,26)27;/h5,7,10-12,22-24H,2-4,6,8-9H2,1H3,(H,25,26,27);/q;+1/p-1. The van der Waals surface area contributed by atoms with E-state index in [1.165, 1.54) is 25.3 Å². The third kappa shape index (κ3) is 8.97. The minimum Gasteiger partial charge on any atom is -0.748 e. The second-order valence-electron chi connectivity index (χ2n) is 6.58. The minimum absolute atomic E-state index is 0. The molecule has 0 aliphatic carbocycles. The van der Waals surface area contributed by atoms with Crippen molar-refractivity contribution in [1.82, 2.24) is 0 Å². The van der Waals surface area contributed by atoms with Gasteiger partial charge in [-0.05, 0) is 37.0 Å². The Kier molecular flexibility index (Phi) is 11.3. The van der Waals surface area contributed by atoms with Crippen LogP contribution in [0.3, 0.4) is 0 Å². The van der Waals surface area contributed by atoms with Gasteiger partial charge in [-0.2, -0.15) is 0 Å². The maximum atomic E-state index is 12.4. The number of ether oxygens (including phenoxy) is 2. The Morgan fingerprint density at radius 3 is 2.23 bits per heavy atom. The maximum Gasteiger partial charge on any atom is 1.00 e. The molecule has 0 unspecified atom stereocenters. The van der Waals surface area contributed by atoms with Crippen LogP contribution in [-0.4, -0.2) is 53.5 Å². The topological polar surface area (TPSA) is 153 Å². The number of aryl methyl sites for hydroxylation is 1. The van der Waals surface area contributed by atoms with E-state index in [2.05, 4.69) is 0 Å². The van der Waals surface area contributed by atoms with Crippen LogP contribution in [0.15, 0.2) is 30.3 Å². The van der Waals surface area contributed by atoms with Gasteiger partial charge in [-0.25, -0.2) is 8.42 Å². The summed E-state index contributed by atoms with van der Waals surface area (Å²) in [5.74, 6) is -1.52. The average Bonchev–Trinajstić information content (AvgIpc) is 2.64. The molecule has 0 aromatic heterocycles. The van der Waals surface area contributed by atoms with Crippen LogP contribution in [0.4, 0.5) is 0 Å². The summed E-state index contributed by atoms with van der Waals surface area (Å²) in [6, 6.07) is 7.09. The molecule has 0 bridgehead atoms. The molecule has 2 rings (SSSR count). The van der Waals surface area contributed by atoms with E-state index < -0.39 is 33.2 Å². The number of carbonyl (C=O) groups excluding carboxylic acids is 1. The van der Waals surface area contributed by atoms with Crippen molar-refractivity contribution in [2.24, 2.45) is 0 Å². The number of Topliss-reactive ketones (excluding diaryl/α,β-unsaturated/α-hetero) is 1. The molecule has 0 saturated heterocycles. The Labute approximate surface area is 223 Å². The summed E-state index contributed by atoms with van der Waals surface area (Å²) >= 11 is 0. The number of hydrogen-bond donors (Lipinski definition) is 3. The number of aromatic hydroxyl groups is 3. The van der Waals surface area contributed by atoms with Crippen LogP contribution < -0.4 is 60.9 Å². The van der Waals surface area contributed by atoms with Crippen molar-refractivity contribution in [3.05, 3.63) is 41.5 Å². The van der Waals surface area contributed by atoms with Crippen LogP contribution >= 0.6 is 0 Å². The van der Waals surface area contributed by atoms with E-state index in [1.54, 1.807) is 12.1 Å². The molecular weight excluding hydrogens is 455 g/mol. The van der Waals surface area contributed by atoms with Crippen molar-refractivity contribution in [1.29, 1.82) is 0 Å². The Bertz CT molecular complexity index is 983. The van der Waals surface area contributed by atoms with E-state index in [0.29, 0.717) is 17.7 Å². The summed E-state index contributed by atoms with van der Waals surface area (Å²) in [6.07, 6.45) is 0.673. The van der Waals surface area contributed by atoms with Crippen LogP contribution in [0.5, 0.6) is 28.7 Å². The van der Waals surface area contributed by atoms with Gasteiger partial charge in [0.05, 0.1) is 23.8 Å². The monoisotopic (exact) mass is 478 g/mol. The van der Waals surface area contributed by atoms with Crippen LogP contribution in [0.25, 0.3) is 0 Å². The molecule has 3 N–H and O–H groups in total. The van der Waals surface area contributed by atoms with Crippen molar-refractivity contribution in [2.75, 3.05) is 19.5 Å². The number of hydrogen-bond acceptors (Lipinski definition) is 9. The van der Waals surface area contributed by atoms with Gasteiger partial charge < -0.3 is 29.3 Å². The molecule has 0 fully saturated rings. The van der Waals surface area contributed by atoms with E-state index in [0.717, 1.165) is 0 Å². The zero-order valence-corrected chi connectivity index (χ0v) is 21.3. The average molecular weight is 479 g/mol. The second-order valence-corrected chi connectivity index (χ2v) is 8.11. The Morgan fingerprint density at radius 1 is 1.03 bits per heavy atom. The normalized spacial score (nSPS) is 10.9. The van der Waals surface area contributed by atoms with E-state index in [4.69, 9.17) is 9.47 Å². The Morgan fingerprint density at radius 2 is 1.68 bits per heavy atom. The van der Waals surface area contributed by atoms with Gasteiger partial charge in [-0.15, -0.1) is 0 Å². The largest absolute Gasteiger partial charge is 1.00 e. The van der Waals surface area contributed by atoms with Crippen molar-refractivity contribution in [2.45, 2.75) is 25.7 Å². The number of methoxy groups -OCH3 is 1. The third-order valence-electron chi connectivity index (χ3n) is 4.29. The van der Waals surface area contributed by atoms with Crippen molar-refractivity contribution < 1.29 is 93.9 Å². The first-order valence-corrected chi connectivity index (χ1v) is 10.7. The fourth-order valence-electron chi connectivity index (χ4n) is 2.80. The van der Waals surface area contributed by atoms with E-state index in [1.807, 2.05) is 0 Å². The van der Waals surface area contributed by atoms with E-state index in [-0.39, 0.29) is 94.3 Å². The van der Waals surface area contributed by atoms with Gasteiger partial charge in [0.25, 0.3) is 0 Å². The molecule has 0 atom stereocenters. The zero-order chi connectivity index (χ0) is 22.3. The molecule has 2 aromatic rings. The van der Waals surface area contributed by atoms with Crippen LogP contribution in [-0.2, 0) is 16.5 Å². The predicted molar refractivity (Wildman–Crippen MR) is 106 cm³/mol. The van der Waals surface area contributed by atoms with Crippen molar-refractivity contribution in [3.63, 3.8) is 0 Å². The molecule has 31 heavy (non-hydrogen) atoms. The summed E-state index contributed by atoms with van der Waals surface area (Å²) in [4.78, 5) is 12.4. The Balaban J connectivity index is 0.00000480. The van der Waals surface area contributed by atoms with Gasteiger partial charge in [0.2, 0.25) is 0 Å². The van der Waals surface area contributed by atoms with Crippen LogP contribution in [0, 0.1) is 0 Å². The molecule has 0 radical (unpaired) electrons. The number of unbranched alkanes of at least 4 members (excludes halogenated alkanes) is 1. The van der Waals surface area contributed by atoms with Gasteiger partial charge in [0, 0.05) is 24.3 Å². The van der Waals surface area contributed by atoms with Gasteiger partial charge in [-0.3, -0.25) is 4.79 Å². The first kappa shape index (κ1) is 27.7. The SMILES string of the molecule is COc1ccc(CCC(=O)c2c(O)cc(OCCCCS(=O)(=O)[O-])cc2O)cc1O.[K+]. The zero-order valence-electron chi connectivity index (χ0n) is 17.3. The predicted octanol–water partition coefficient (Wildman–Crippen LogP) is -0.664. The fourth-order valence-corrected chi connectivity index (χ4v) is 3.36. The summed E-state index contributed by atoms with van der Waals surface area (Å²) in [6.45, 7) is 0.0721. The number of ketones is 1. The number of phenolic OH excluding ortho intramolecular Hbond substituents is 3. The quantitative estimate of drug-likeness (QED) is 0.165. The van der Waals surface area contributed by atoms with E-state index >= 15 is 0 Å². The summed E-state index contributed by atoms with van der Waals surface area (Å²) in [5.41, 5.74) is 0.443. The number of phenols is 3. The molecule has 164 valence electrons. The van der Waals surface area contributed by atoms with Crippen LogP contribution in [0.2, 0.25) is 0 Å². The number of benzene rings is 2. The molecule has 2 aromatic carbocycles. The molecular formula is C20H23KO9S. The fraction of sp³-hybridized carbons (Fsp3) is 0.350. The minimum atomic E-state index is -4.27. The van der Waals surface area contributed by atoms with Gasteiger partial charge in [0.1, 0.15) is 22.8 Å². The van der Waals surface area contributed by atoms with Gasteiger partial charge in [0.15, 0.2) is 17.3 Å². The van der Waals surface area contributed by atoms with Crippen LogP contribution in [0.1, 0.15) is 35.2 Å². The van der Waals surface area contributed by atoms with Gasteiger partial charge >= 0.3 is 51.4 Å². The molecule has 0 amide bonds. The molecule has 0 aliphatic heterocycles. The summed E-state index contributed by atoms with van der Waals surface area (Å²) < 4.78 is 41.9. The molecule has 0 heterocycles.